The fraction of sp³-hybridized carbons (Fsp3) is 0.182. The maximum absolute atomic E-state index is 10.1. The minimum absolute atomic E-state index is 0.374. The zero-order valence-electron chi connectivity index (χ0n) is 8.22. The first-order valence-electron chi connectivity index (χ1n) is 4.57. The van der Waals surface area contributed by atoms with Crippen molar-refractivity contribution in [2.75, 3.05) is 6.54 Å². The molecule has 1 aromatic carbocycles. The molecule has 1 rings (SSSR count). The third kappa shape index (κ3) is 5.61. The Bertz CT molecular complexity index is 322. The SMILES string of the molecule is O=C(O)/C=C/CNOCc1ccccc1. The molecule has 0 saturated carbocycles. The lowest BCUT2D eigenvalue weighted by molar-refractivity contribution is -0.131. The number of benzene rings is 1. The van der Waals surface area contributed by atoms with E-state index in [1.165, 1.54) is 6.08 Å². The average molecular weight is 207 g/mol. The summed E-state index contributed by atoms with van der Waals surface area (Å²) in [7, 11) is 0. The molecule has 0 atom stereocenters. The molecule has 0 radical (unpaired) electrons. The second-order valence-electron chi connectivity index (χ2n) is 2.86. The van der Waals surface area contributed by atoms with Gasteiger partial charge in [-0.25, -0.2) is 4.79 Å². The Morgan fingerprint density at radius 2 is 2.13 bits per heavy atom. The van der Waals surface area contributed by atoms with E-state index in [9.17, 15) is 4.79 Å². The summed E-state index contributed by atoms with van der Waals surface area (Å²) in [5.74, 6) is -0.958. The summed E-state index contributed by atoms with van der Waals surface area (Å²) < 4.78 is 0. The Kier molecular flexibility index (Phi) is 5.14. The number of aliphatic carboxylic acids is 1. The lowest BCUT2D eigenvalue weighted by Crippen LogP contribution is -2.14. The van der Waals surface area contributed by atoms with Gasteiger partial charge in [-0.3, -0.25) is 4.84 Å². The van der Waals surface area contributed by atoms with Gasteiger partial charge < -0.3 is 5.11 Å². The molecule has 0 aliphatic heterocycles. The van der Waals surface area contributed by atoms with Gasteiger partial charge >= 0.3 is 5.97 Å². The number of nitrogens with one attached hydrogen (secondary N) is 1. The van der Waals surface area contributed by atoms with Crippen molar-refractivity contribution in [2.24, 2.45) is 0 Å². The van der Waals surface area contributed by atoms with E-state index in [4.69, 9.17) is 9.94 Å². The van der Waals surface area contributed by atoms with Crippen molar-refractivity contribution in [1.29, 1.82) is 0 Å². The summed E-state index contributed by atoms with van der Waals surface area (Å²) in [4.78, 5) is 15.2. The second-order valence-corrected chi connectivity index (χ2v) is 2.86. The molecule has 1 aromatic rings. The molecular weight excluding hydrogens is 194 g/mol. The molecule has 0 aromatic heterocycles. The smallest absolute Gasteiger partial charge is 0.328 e. The lowest BCUT2D eigenvalue weighted by Gasteiger charge is -2.02. The molecule has 0 amide bonds. The van der Waals surface area contributed by atoms with Crippen LogP contribution in [0.5, 0.6) is 0 Å². The molecule has 0 unspecified atom stereocenters. The van der Waals surface area contributed by atoms with Crippen LogP contribution >= 0.6 is 0 Å². The zero-order chi connectivity index (χ0) is 10.9. The van der Waals surface area contributed by atoms with Crippen molar-refractivity contribution in [2.45, 2.75) is 6.61 Å². The van der Waals surface area contributed by atoms with Crippen molar-refractivity contribution in [3.63, 3.8) is 0 Å². The van der Waals surface area contributed by atoms with Gasteiger partial charge in [0.25, 0.3) is 0 Å². The highest BCUT2D eigenvalue weighted by Gasteiger charge is 1.90. The fourth-order valence-corrected chi connectivity index (χ4v) is 0.975. The predicted molar refractivity (Wildman–Crippen MR) is 56.0 cm³/mol. The van der Waals surface area contributed by atoms with Gasteiger partial charge in [-0.1, -0.05) is 36.4 Å². The Balaban J connectivity index is 2.10. The number of carbonyl (C=O) groups is 1. The van der Waals surface area contributed by atoms with E-state index in [0.29, 0.717) is 13.2 Å². The summed E-state index contributed by atoms with van der Waals surface area (Å²) in [5.41, 5.74) is 3.70. The molecule has 0 spiro atoms. The van der Waals surface area contributed by atoms with Crippen molar-refractivity contribution in [3.05, 3.63) is 48.0 Å². The first-order valence-corrected chi connectivity index (χ1v) is 4.57. The van der Waals surface area contributed by atoms with Crippen LogP contribution in [0, 0.1) is 0 Å². The Hall–Kier alpha value is -1.65. The quantitative estimate of drug-likeness (QED) is 0.420. The maximum atomic E-state index is 10.1. The van der Waals surface area contributed by atoms with Crippen LogP contribution in [-0.4, -0.2) is 17.6 Å². The standard InChI is InChI=1S/C11H13NO3/c13-11(14)7-4-8-12-15-9-10-5-2-1-3-6-10/h1-7,12H,8-9H2,(H,13,14)/b7-4+. The largest absolute Gasteiger partial charge is 0.478 e. The molecule has 0 aliphatic rings. The molecule has 2 N–H and O–H groups in total. The van der Waals surface area contributed by atoms with Crippen LogP contribution in [0.15, 0.2) is 42.5 Å². The Labute approximate surface area is 88.1 Å². The van der Waals surface area contributed by atoms with Gasteiger partial charge in [-0.15, -0.1) is 0 Å². The molecule has 0 heterocycles. The van der Waals surface area contributed by atoms with Crippen molar-refractivity contribution < 1.29 is 14.7 Å². The van der Waals surface area contributed by atoms with Crippen LogP contribution in [0.4, 0.5) is 0 Å². The van der Waals surface area contributed by atoms with E-state index in [-0.39, 0.29) is 0 Å². The van der Waals surface area contributed by atoms with Gasteiger partial charge in [0.15, 0.2) is 0 Å². The van der Waals surface area contributed by atoms with Gasteiger partial charge in [0, 0.05) is 12.6 Å². The number of hydrogen-bond donors (Lipinski definition) is 2. The number of hydrogen-bond acceptors (Lipinski definition) is 3. The highest BCUT2D eigenvalue weighted by molar-refractivity contribution is 5.79. The molecular formula is C11H13NO3. The summed E-state index contributed by atoms with van der Waals surface area (Å²) >= 11 is 0. The summed E-state index contributed by atoms with van der Waals surface area (Å²) in [6.45, 7) is 0.834. The second kappa shape index (κ2) is 6.75. The van der Waals surface area contributed by atoms with Crippen LogP contribution in [-0.2, 0) is 16.2 Å². The van der Waals surface area contributed by atoms with Gasteiger partial charge in [0.2, 0.25) is 0 Å². The summed E-state index contributed by atoms with van der Waals surface area (Å²) in [5, 5.41) is 8.29. The van der Waals surface area contributed by atoms with Crippen molar-refractivity contribution in [1.82, 2.24) is 5.48 Å². The van der Waals surface area contributed by atoms with Crippen LogP contribution in [0.25, 0.3) is 0 Å². The first-order chi connectivity index (χ1) is 7.29. The average Bonchev–Trinajstić information content (AvgIpc) is 2.24. The third-order valence-electron chi connectivity index (χ3n) is 1.65. The summed E-state index contributed by atoms with van der Waals surface area (Å²) in [6.07, 6.45) is 2.55. The van der Waals surface area contributed by atoms with E-state index >= 15 is 0 Å². The minimum Gasteiger partial charge on any atom is -0.478 e. The normalized spacial score (nSPS) is 10.7. The number of hydroxylamine groups is 1. The predicted octanol–water partition coefficient (Wildman–Crippen LogP) is 1.35. The van der Waals surface area contributed by atoms with Crippen molar-refractivity contribution >= 4 is 5.97 Å². The number of rotatable bonds is 6. The summed E-state index contributed by atoms with van der Waals surface area (Å²) in [6, 6.07) is 9.71. The minimum atomic E-state index is -0.958. The van der Waals surface area contributed by atoms with Crippen LogP contribution in [0.3, 0.4) is 0 Å². The highest BCUT2D eigenvalue weighted by atomic mass is 16.6. The highest BCUT2D eigenvalue weighted by Crippen LogP contribution is 1.98. The molecule has 0 bridgehead atoms. The van der Waals surface area contributed by atoms with E-state index < -0.39 is 5.97 Å². The van der Waals surface area contributed by atoms with Crippen LogP contribution < -0.4 is 5.48 Å². The lowest BCUT2D eigenvalue weighted by atomic mass is 10.2. The van der Waals surface area contributed by atoms with E-state index in [2.05, 4.69) is 5.48 Å². The molecule has 4 nitrogen and oxygen atoms in total. The first kappa shape index (κ1) is 11.4. The topological polar surface area (TPSA) is 58.6 Å². The van der Waals surface area contributed by atoms with Crippen LogP contribution in [0.2, 0.25) is 0 Å². The van der Waals surface area contributed by atoms with Gasteiger partial charge in [-0.2, -0.15) is 5.48 Å². The Morgan fingerprint density at radius 3 is 2.80 bits per heavy atom. The van der Waals surface area contributed by atoms with Gasteiger partial charge in [0.05, 0.1) is 6.61 Å². The number of carboxylic acid groups (broad SMARTS) is 1. The van der Waals surface area contributed by atoms with E-state index in [0.717, 1.165) is 11.6 Å². The fourth-order valence-electron chi connectivity index (χ4n) is 0.975. The zero-order valence-corrected chi connectivity index (χ0v) is 8.22. The Morgan fingerprint density at radius 1 is 1.40 bits per heavy atom. The van der Waals surface area contributed by atoms with Gasteiger partial charge in [-0.05, 0) is 5.56 Å². The van der Waals surface area contributed by atoms with Crippen molar-refractivity contribution in [3.8, 4) is 0 Å². The van der Waals surface area contributed by atoms with E-state index in [1.807, 2.05) is 30.3 Å². The van der Waals surface area contributed by atoms with Gasteiger partial charge in [0.1, 0.15) is 0 Å². The molecule has 0 saturated heterocycles. The molecule has 0 aliphatic carbocycles. The molecule has 4 heteroatoms. The monoisotopic (exact) mass is 207 g/mol. The molecule has 80 valence electrons. The van der Waals surface area contributed by atoms with E-state index in [1.54, 1.807) is 0 Å². The van der Waals surface area contributed by atoms with Crippen LogP contribution in [0.1, 0.15) is 5.56 Å². The molecule has 0 fully saturated rings. The molecule has 15 heavy (non-hydrogen) atoms. The number of carboxylic acids is 1. The third-order valence-corrected chi connectivity index (χ3v) is 1.65. The maximum Gasteiger partial charge on any atom is 0.328 e.